The van der Waals surface area contributed by atoms with Gasteiger partial charge < -0.3 is 10.6 Å². The summed E-state index contributed by atoms with van der Waals surface area (Å²) in [5.41, 5.74) is 0.278. The van der Waals surface area contributed by atoms with Gasteiger partial charge in [-0.1, -0.05) is 30.1 Å². The molecule has 0 spiro atoms. The summed E-state index contributed by atoms with van der Waals surface area (Å²) >= 11 is 11.7. The van der Waals surface area contributed by atoms with Gasteiger partial charge in [0.2, 0.25) is 5.91 Å². The number of rotatable bonds is 3. The highest BCUT2D eigenvalue weighted by Crippen LogP contribution is 2.27. The van der Waals surface area contributed by atoms with Crippen LogP contribution in [0.5, 0.6) is 0 Å². The first kappa shape index (κ1) is 12.5. The number of carbonyl (C=O) groups excluding carboxylic acids is 1. The van der Waals surface area contributed by atoms with Crippen LogP contribution in [-0.2, 0) is 4.79 Å². The molecule has 92 valence electrons. The van der Waals surface area contributed by atoms with Crippen LogP contribution >= 0.6 is 23.2 Å². The van der Waals surface area contributed by atoms with Crippen LogP contribution in [0.4, 0.5) is 5.69 Å². The number of carbonyl (C=O) groups is 1. The van der Waals surface area contributed by atoms with E-state index in [-0.39, 0.29) is 27.8 Å². The largest absolute Gasteiger partial charge is 0.321 e. The third kappa shape index (κ3) is 2.68. The number of aromatic nitrogens is 2. The van der Waals surface area contributed by atoms with Gasteiger partial charge in [-0.2, -0.15) is 0 Å². The number of hydrogen-bond acceptors (Lipinski definition) is 4. The molecule has 1 aliphatic heterocycles. The Balaban J connectivity index is 2.07. The first-order valence-corrected chi connectivity index (χ1v) is 6.02. The summed E-state index contributed by atoms with van der Waals surface area (Å²) in [5.74, 6) is 0.149. The van der Waals surface area contributed by atoms with Gasteiger partial charge in [0, 0.05) is 5.92 Å². The third-order valence-corrected chi connectivity index (χ3v) is 3.51. The highest BCUT2D eigenvalue weighted by molar-refractivity contribution is 6.38. The van der Waals surface area contributed by atoms with Crippen LogP contribution in [0.1, 0.15) is 6.92 Å². The minimum absolute atomic E-state index is 0.0939. The summed E-state index contributed by atoms with van der Waals surface area (Å²) in [7, 11) is 0. The first-order chi connectivity index (χ1) is 8.09. The fourth-order valence-electron chi connectivity index (χ4n) is 1.56. The molecule has 0 bridgehead atoms. The lowest BCUT2D eigenvalue weighted by molar-refractivity contribution is -0.121. The van der Waals surface area contributed by atoms with Crippen molar-refractivity contribution in [3.63, 3.8) is 0 Å². The predicted molar refractivity (Wildman–Crippen MR) is 66.2 cm³/mol. The summed E-state index contributed by atoms with van der Waals surface area (Å²) in [6, 6.07) is 0. The lowest BCUT2D eigenvalue weighted by Gasteiger charge is -2.31. The highest BCUT2D eigenvalue weighted by atomic mass is 35.5. The Bertz CT molecular complexity index is 416. The predicted octanol–water partition coefficient (Wildman–Crippen LogP) is 1.58. The van der Waals surface area contributed by atoms with Crippen LogP contribution in [0.15, 0.2) is 6.33 Å². The van der Waals surface area contributed by atoms with Crippen molar-refractivity contribution in [2.75, 3.05) is 18.4 Å². The zero-order chi connectivity index (χ0) is 12.4. The monoisotopic (exact) mass is 274 g/mol. The van der Waals surface area contributed by atoms with Gasteiger partial charge >= 0.3 is 0 Å². The molecule has 5 nitrogen and oxygen atoms in total. The van der Waals surface area contributed by atoms with Gasteiger partial charge in [0.1, 0.15) is 12.0 Å². The smallest absolute Gasteiger partial charge is 0.227 e. The molecule has 1 aromatic heterocycles. The normalized spacial score (nSPS) is 17.4. The number of hydrogen-bond donors (Lipinski definition) is 2. The van der Waals surface area contributed by atoms with Gasteiger partial charge in [-0.05, 0) is 19.0 Å². The molecule has 1 atom stereocenters. The number of nitrogens with zero attached hydrogens (tertiary/aromatic N) is 2. The summed E-state index contributed by atoms with van der Waals surface area (Å²) in [6.07, 6.45) is 1.25. The highest BCUT2D eigenvalue weighted by Gasteiger charge is 2.29. The average Bonchev–Trinajstić information content (AvgIpc) is 2.21. The molecular weight excluding hydrogens is 263 g/mol. The topological polar surface area (TPSA) is 66.9 Å². The SMILES string of the molecule is CC(C(=O)Nc1c(Cl)ncnc1Cl)C1CNC1. The maximum absolute atomic E-state index is 11.9. The fraction of sp³-hybridized carbons (Fsp3) is 0.500. The van der Waals surface area contributed by atoms with E-state index < -0.39 is 0 Å². The quantitative estimate of drug-likeness (QED) is 0.822. The fourth-order valence-corrected chi connectivity index (χ4v) is 1.97. The third-order valence-electron chi connectivity index (χ3n) is 2.94. The molecule has 1 aromatic rings. The molecule has 0 saturated carbocycles. The second-order valence-electron chi connectivity index (χ2n) is 4.03. The Kier molecular flexibility index (Phi) is 3.81. The number of nitrogens with one attached hydrogen (secondary N) is 2. The maximum Gasteiger partial charge on any atom is 0.227 e. The van der Waals surface area contributed by atoms with Gasteiger partial charge in [0.25, 0.3) is 0 Å². The Hall–Kier alpha value is -0.910. The van der Waals surface area contributed by atoms with Gasteiger partial charge in [0.05, 0.1) is 0 Å². The van der Waals surface area contributed by atoms with E-state index in [2.05, 4.69) is 20.6 Å². The van der Waals surface area contributed by atoms with Gasteiger partial charge in [-0.3, -0.25) is 4.79 Å². The summed E-state index contributed by atoms with van der Waals surface area (Å²) in [5, 5.41) is 6.10. The summed E-state index contributed by atoms with van der Waals surface area (Å²) in [4.78, 5) is 19.5. The molecule has 7 heteroatoms. The van der Waals surface area contributed by atoms with E-state index in [0.29, 0.717) is 5.92 Å². The van der Waals surface area contributed by atoms with Crippen molar-refractivity contribution in [2.24, 2.45) is 11.8 Å². The Labute approximate surface area is 109 Å². The molecule has 2 heterocycles. The Morgan fingerprint density at radius 1 is 1.47 bits per heavy atom. The van der Waals surface area contributed by atoms with Gasteiger partial charge in [-0.15, -0.1) is 0 Å². The molecule has 0 radical (unpaired) electrons. The van der Waals surface area contributed by atoms with E-state index in [1.165, 1.54) is 6.33 Å². The second kappa shape index (κ2) is 5.16. The lowest BCUT2D eigenvalue weighted by atomic mass is 9.88. The van der Waals surface area contributed by atoms with E-state index >= 15 is 0 Å². The van der Waals surface area contributed by atoms with Crippen molar-refractivity contribution in [1.82, 2.24) is 15.3 Å². The van der Waals surface area contributed by atoms with Gasteiger partial charge in [-0.25, -0.2) is 9.97 Å². The van der Waals surface area contributed by atoms with E-state index in [4.69, 9.17) is 23.2 Å². The maximum atomic E-state index is 11.9. The second-order valence-corrected chi connectivity index (χ2v) is 4.74. The zero-order valence-electron chi connectivity index (χ0n) is 9.20. The average molecular weight is 275 g/mol. The number of amides is 1. The van der Waals surface area contributed by atoms with Crippen molar-refractivity contribution in [1.29, 1.82) is 0 Å². The molecule has 1 saturated heterocycles. The molecule has 1 unspecified atom stereocenters. The molecule has 1 aliphatic rings. The molecule has 1 amide bonds. The van der Waals surface area contributed by atoms with Crippen molar-refractivity contribution < 1.29 is 4.79 Å². The zero-order valence-corrected chi connectivity index (χ0v) is 10.7. The number of anilines is 1. The minimum atomic E-state index is -0.116. The first-order valence-electron chi connectivity index (χ1n) is 5.27. The van der Waals surface area contributed by atoms with Crippen molar-refractivity contribution in [3.05, 3.63) is 16.6 Å². The molecule has 17 heavy (non-hydrogen) atoms. The van der Waals surface area contributed by atoms with Crippen LogP contribution < -0.4 is 10.6 Å². The van der Waals surface area contributed by atoms with E-state index in [0.717, 1.165) is 13.1 Å². The molecule has 0 aromatic carbocycles. The van der Waals surface area contributed by atoms with Crippen molar-refractivity contribution in [3.8, 4) is 0 Å². The van der Waals surface area contributed by atoms with Gasteiger partial charge in [0.15, 0.2) is 10.3 Å². The Morgan fingerprint density at radius 2 is 2.06 bits per heavy atom. The van der Waals surface area contributed by atoms with Crippen molar-refractivity contribution >= 4 is 34.8 Å². The molecule has 2 rings (SSSR count). The lowest BCUT2D eigenvalue weighted by Crippen LogP contribution is -2.48. The molecule has 2 N–H and O–H groups in total. The molecule has 1 fully saturated rings. The Morgan fingerprint density at radius 3 is 2.53 bits per heavy atom. The van der Waals surface area contributed by atoms with E-state index in [9.17, 15) is 4.79 Å². The van der Waals surface area contributed by atoms with Crippen LogP contribution in [0.25, 0.3) is 0 Å². The van der Waals surface area contributed by atoms with E-state index in [1.807, 2.05) is 6.92 Å². The van der Waals surface area contributed by atoms with Crippen LogP contribution in [-0.4, -0.2) is 29.0 Å². The molecule has 0 aliphatic carbocycles. The van der Waals surface area contributed by atoms with Crippen LogP contribution in [0, 0.1) is 11.8 Å². The minimum Gasteiger partial charge on any atom is -0.321 e. The van der Waals surface area contributed by atoms with Crippen molar-refractivity contribution in [2.45, 2.75) is 6.92 Å². The van der Waals surface area contributed by atoms with Crippen LogP contribution in [0.3, 0.4) is 0 Å². The number of halogens is 2. The summed E-state index contributed by atoms with van der Waals surface area (Å²) < 4.78 is 0. The standard InChI is InChI=1S/C10H12Cl2N4O/c1-5(6-2-13-3-6)10(17)16-7-8(11)14-4-15-9(7)12/h4-6,13H,2-3H2,1H3,(H,16,17). The summed E-state index contributed by atoms with van der Waals surface area (Å²) in [6.45, 7) is 3.61. The van der Waals surface area contributed by atoms with E-state index in [1.54, 1.807) is 0 Å². The molecular formula is C10H12Cl2N4O. The van der Waals surface area contributed by atoms with Crippen LogP contribution in [0.2, 0.25) is 10.3 Å².